The van der Waals surface area contributed by atoms with Crippen LogP contribution in [-0.4, -0.2) is 13.1 Å². The summed E-state index contributed by atoms with van der Waals surface area (Å²) in [5, 5.41) is 4.43. The highest BCUT2D eigenvalue weighted by molar-refractivity contribution is 4.83. The van der Waals surface area contributed by atoms with E-state index in [4.69, 9.17) is 0 Å². The van der Waals surface area contributed by atoms with E-state index in [1.807, 2.05) is 0 Å². The minimum atomic E-state index is 0.972. The topological polar surface area (TPSA) is 14.1 Å². The van der Waals surface area contributed by atoms with Gasteiger partial charge in [-0.05, 0) is 37.0 Å². The van der Waals surface area contributed by atoms with Gasteiger partial charge in [-0.15, -0.1) is 0 Å². The Morgan fingerprint density at radius 2 is 2.00 bits per heavy atom. The molecule has 1 heteroatoms. The Labute approximate surface area is 69.6 Å². The highest BCUT2D eigenvalue weighted by Crippen LogP contribution is 2.37. The Balaban J connectivity index is 1.85. The molecule has 0 spiro atoms. The Bertz CT molecular complexity index is 127. The Kier molecular flexibility index (Phi) is 2.17. The quantitative estimate of drug-likeness (QED) is 0.546. The molecule has 2 aliphatic rings. The van der Waals surface area contributed by atoms with Gasteiger partial charge in [-0.25, -0.2) is 5.32 Å². The zero-order valence-electron chi connectivity index (χ0n) is 7.42. The van der Waals surface area contributed by atoms with Crippen LogP contribution in [0.2, 0.25) is 0 Å². The second kappa shape index (κ2) is 3.14. The fourth-order valence-corrected chi connectivity index (χ4v) is 2.67. The maximum absolute atomic E-state index is 4.43. The van der Waals surface area contributed by atoms with Crippen LogP contribution in [0.25, 0.3) is 0 Å². The van der Waals surface area contributed by atoms with Crippen molar-refractivity contribution in [3.63, 3.8) is 0 Å². The summed E-state index contributed by atoms with van der Waals surface area (Å²) >= 11 is 0. The van der Waals surface area contributed by atoms with Crippen LogP contribution in [0, 0.1) is 17.8 Å². The summed E-state index contributed by atoms with van der Waals surface area (Å²) in [5.74, 6) is 3.01. The molecule has 1 heterocycles. The van der Waals surface area contributed by atoms with Gasteiger partial charge in [0, 0.05) is 13.1 Å². The summed E-state index contributed by atoms with van der Waals surface area (Å²) in [6.45, 7) is 4.72. The molecule has 0 N–H and O–H groups in total. The van der Waals surface area contributed by atoms with E-state index in [2.05, 4.69) is 12.2 Å². The molecule has 63 valence electrons. The van der Waals surface area contributed by atoms with Crippen LogP contribution < -0.4 is 5.32 Å². The van der Waals surface area contributed by atoms with Crippen molar-refractivity contribution < 1.29 is 0 Å². The lowest BCUT2D eigenvalue weighted by atomic mass is 9.90. The van der Waals surface area contributed by atoms with E-state index < -0.39 is 0 Å². The highest BCUT2D eigenvalue weighted by atomic mass is 14.9. The van der Waals surface area contributed by atoms with E-state index in [9.17, 15) is 0 Å². The molecule has 0 aromatic heterocycles. The van der Waals surface area contributed by atoms with E-state index in [0.717, 1.165) is 24.3 Å². The van der Waals surface area contributed by atoms with Crippen LogP contribution >= 0.6 is 0 Å². The summed E-state index contributed by atoms with van der Waals surface area (Å²) in [4.78, 5) is 0. The van der Waals surface area contributed by atoms with Crippen LogP contribution in [-0.2, 0) is 0 Å². The molecule has 3 unspecified atom stereocenters. The van der Waals surface area contributed by atoms with E-state index >= 15 is 0 Å². The van der Waals surface area contributed by atoms with Crippen LogP contribution in [0.4, 0.5) is 0 Å². The van der Waals surface area contributed by atoms with Gasteiger partial charge in [-0.3, -0.25) is 0 Å². The SMILES string of the molecule is CC1CCC(C2CC[N]C2)C1. The van der Waals surface area contributed by atoms with Gasteiger partial charge in [0.15, 0.2) is 0 Å². The van der Waals surface area contributed by atoms with Crippen LogP contribution in [0.3, 0.4) is 0 Å². The van der Waals surface area contributed by atoms with Crippen molar-refractivity contribution in [1.82, 2.24) is 5.32 Å². The number of hydrogen-bond acceptors (Lipinski definition) is 0. The molecule has 0 aromatic rings. The Hall–Kier alpha value is -0.0400. The summed E-state index contributed by atoms with van der Waals surface area (Å²) in [6.07, 6.45) is 5.83. The smallest absolute Gasteiger partial charge is 0.0164 e. The van der Waals surface area contributed by atoms with Crippen LogP contribution in [0.1, 0.15) is 32.6 Å². The third-order valence-corrected chi connectivity index (χ3v) is 3.42. The Morgan fingerprint density at radius 3 is 2.55 bits per heavy atom. The molecule has 2 fully saturated rings. The average Bonchev–Trinajstić information content (AvgIpc) is 2.55. The van der Waals surface area contributed by atoms with Gasteiger partial charge in [0.25, 0.3) is 0 Å². The normalized spacial score (nSPS) is 45.0. The average molecular weight is 152 g/mol. The summed E-state index contributed by atoms with van der Waals surface area (Å²) < 4.78 is 0. The third-order valence-electron chi connectivity index (χ3n) is 3.42. The second-order valence-corrected chi connectivity index (χ2v) is 4.36. The first-order chi connectivity index (χ1) is 5.36. The minimum absolute atomic E-state index is 0.972. The molecule has 0 aromatic carbocycles. The number of nitrogens with zero attached hydrogens (tertiary/aromatic N) is 1. The van der Waals surface area contributed by atoms with Gasteiger partial charge < -0.3 is 0 Å². The predicted molar refractivity (Wildman–Crippen MR) is 46.5 cm³/mol. The molecule has 11 heavy (non-hydrogen) atoms. The van der Waals surface area contributed by atoms with Crippen molar-refractivity contribution in [3.05, 3.63) is 0 Å². The zero-order valence-corrected chi connectivity index (χ0v) is 7.42. The van der Waals surface area contributed by atoms with E-state index in [1.54, 1.807) is 0 Å². The van der Waals surface area contributed by atoms with Crippen molar-refractivity contribution in [2.45, 2.75) is 32.6 Å². The maximum Gasteiger partial charge on any atom is 0.0164 e. The van der Waals surface area contributed by atoms with E-state index in [1.165, 1.54) is 32.2 Å². The van der Waals surface area contributed by atoms with Gasteiger partial charge in [0.1, 0.15) is 0 Å². The van der Waals surface area contributed by atoms with Gasteiger partial charge in [-0.2, -0.15) is 0 Å². The molecule has 0 amide bonds. The standard InChI is InChI=1S/C10H18N/c1-8-2-3-9(6-8)10-4-5-11-7-10/h8-10H,2-7H2,1H3. The fraction of sp³-hybridized carbons (Fsp3) is 1.00. The third kappa shape index (κ3) is 1.58. The lowest BCUT2D eigenvalue weighted by molar-refractivity contribution is 0.356. The molecule has 0 bridgehead atoms. The molecule has 1 saturated heterocycles. The number of hydrogen-bond donors (Lipinski definition) is 0. The monoisotopic (exact) mass is 152 g/mol. The van der Waals surface area contributed by atoms with Gasteiger partial charge in [-0.1, -0.05) is 13.3 Å². The molecular formula is C10H18N. The lowest BCUT2D eigenvalue weighted by Crippen LogP contribution is -2.13. The first-order valence-electron chi connectivity index (χ1n) is 4.99. The van der Waals surface area contributed by atoms with Crippen molar-refractivity contribution in [1.29, 1.82) is 0 Å². The van der Waals surface area contributed by atoms with Gasteiger partial charge >= 0.3 is 0 Å². The van der Waals surface area contributed by atoms with Gasteiger partial charge in [0.05, 0.1) is 0 Å². The van der Waals surface area contributed by atoms with Crippen molar-refractivity contribution in [3.8, 4) is 0 Å². The van der Waals surface area contributed by atoms with Crippen LogP contribution in [0.5, 0.6) is 0 Å². The summed E-state index contributed by atoms with van der Waals surface area (Å²) in [7, 11) is 0. The zero-order chi connectivity index (χ0) is 7.68. The second-order valence-electron chi connectivity index (χ2n) is 4.36. The molecule has 1 nitrogen and oxygen atoms in total. The van der Waals surface area contributed by atoms with Gasteiger partial charge in [0.2, 0.25) is 0 Å². The number of rotatable bonds is 1. The first kappa shape index (κ1) is 7.60. The fourth-order valence-electron chi connectivity index (χ4n) is 2.67. The molecule has 2 rings (SSSR count). The summed E-state index contributed by atoms with van der Waals surface area (Å²) in [5.41, 5.74) is 0. The molecule has 1 radical (unpaired) electrons. The van der Waals surface area contributed by atoms with Crippen molar-refractivity contribution in [2.75, 3.05) is 13.1 Å². The first-order valence-corrected chi connectivity index (χ1v) is 4.99. The molecule has 1 aliphatic carbocycles. The lowest BCUT2D eigenvalue weighted by Gasteiger charge is -2.15. The highest BCUT2D eigenvalue weighted by Gasteiger charge is 2.30. The van der Waals surface area contributed by atoms with E-state index in [-0.39, 0.29) is 0 Å². The summed E-state index contributed by atoms with van der Waals surface area (Å²) in [6, 6.07) is 0. The minimum Gasteiger partial charge on any atom is -0.241 e. The van der Waals surface area contributed by atoms with Crippen molar-refractivity contribution >= 4 is 0 Å². The molecule has 3 atom stereocenters. The Morgan fingerprint density at radius 1 is 1.09 bits per heavy atom. The molecule has 1 aliphatic heterocycles. The molecular weight excluding hydrogens is 134 g/mol. The largest absolute Gasteiger partial charge is 0.241 e. The molecule has 1 saturated carbocycles. The predicted octanol–water partition coefficient (Wildman–Crippen LogP) is 2.05. The van der Waals surface area contributed by atoms with E-state index in [0.29, 0.717) is 0 Å². The van der Waals surface area contributed by atoms with Crippen LogP contribution in [0.15, 0.2) is 0 Å². The van der Waals surface area contributed by atoms with Crippen molar-refractivity contribution in [2.24, 2.45) is 17.8 Å². The maximum atomic E-state index is 4.43.